The molecule has 1 aromatic rings. The lowest BCUT2D eigenvalue weighted by Gasteiger charge is -2.12. The maximum Gasteiger partial charge on any atom is 0.338 e. The molecule has 7 heteroatoms. The van der Waals surface area contributed by atoms with Gasteiger partial charge in [-0.3, -0.25) is 0 Å². The molecule has 0 radical (unpaired) electrons. The predicted molar refractivity (Wildman–Crippen MR) is 71.2 cm³/mol. The Kier molecular flexibility index (Phi) is 6.61. The molecule has 0 aromatic heterocycles. The zero-order valence-corrected chi connectivity index (χ0v) is 11.8. The molecular formula is C14H17FO6. The minimum absolute atomic E-state index is 0.0283. The largest absolute Gasteiger partial charge is 0.491 e. The monoisotopic (exact) mass is 300 g/mol. The summed E-state index contributed by atoms with van der Waals surface area (Å²) in [5, 5.41) is 8.60. The van der Waals surface area contributed by atoms with Crippen molar-refractivity contribution in [1.29, 1.82) is 0 Å². The van der Waals surface area contributed by atoms with E-state index in [1.54, 1.807) is 0 Å². The van der Waals surface area contributed by atoms with Crippen molar-refractivity contribution in [1.82, 2.24) is 0 Å². The van der Waals surface area contributed by atoms with E-state index in [0.29, 0.717) is 0 Å². The second kappa shape index (κ2) is 8.21. The van der Waals surface area contributed by atoms with Gasteiger partial charge in [-0.2, -0.15) is 0 Å². The quantitative estimate of drug-likeness (QED) is 0.766. The van der Waals surface area contributed by atoms with Gasteiger partial charge in [-0.15, -0.1) is 0 Å². The summed E-state index contributed by atoms with van der Waals surface area (Å²) in [6.45, 7) is -0.544. The lowest BCUT2D eigenvalue weighted by atomic mass is 10.1. The molecule has 0 aliphatic rings. The highest BCUT2D eigenvalue weighted by Gasteiger charge is 2.19. The van der Waals surface area contributed by atoms with Crippen molar-refractivity contribution in [2.75, 3.05) is 27.4 Å². The van der Waals surface area contributed by atoms with E-state index in [1.165, 1.54) is 32.4 Å². The first-order valence-corrected chi connectivity index (χ1v) is 6.21. The van der Waals surface area contributed by atoms with Gasteiger partial charge in [0.25, 0.3) is 0 Å². The number of hydrogen-bond acceptors (Lipinski definition) is 6. The summed E-state index contributed by atoms with van der Waals surface area (Å²) < 4.78 is 27.6. The maximum absolute atomic E-state index is 13.2. The van der Waals surface area contributed by atoms with E-state index in [2.05, 4.69) is 9.47 Å². The van der Waals surface area contributed by atoms with Crippen LogP contribution in [0.5, 0.6) is 5.75 Å². The van der Waals surface area contributed by atoms with Gasteiger partial charge in [0.15, 0.2) is 0 Å². The molecule has 0 spiro atoms. The van der Waals surface area contributed by atoms with Crippen molar-refractivity contribution in [3.05, 3.63) is 29.3 Å². The number of benzene rings is 1. The van der Waals surface area contributed by atoms with E-state index in [0.717, 1.165) is 0 Å². The Bertz CT molecular complexity index is 502. The molecule has 116 valence electrons. The van der Waals surface area contributed by atoms with E-state index in [4.69, 9.17) is 9.84 Å². The number of ether oxygens (including phenoxy) is 3. The predicted octanol–water partition coefficient (Wildman–Crippen LogP) is 1.36. The van der Waals surface area contributed by atoms with Crippen LogP contribution in [0.3, 0.4) is 0 Å². The average Bonchev–Trinajstić information content (AvgIpc) is 2.51. The van der Waals surface area contributed by atoms with Crippen molar-refractivity contribution in [2.24, 2.45) is 0 Å². The SMILES string of the molecule is COC(=O)c1ccc(OCC(F)CCO)cc1C(=O)OC. The molecule has 0 bridgehead atoms. The van der Waals surface area contributed by atoms with Gasteiger partial charge in [0.05, 0.1) is 25.3 Å². The first-order chi connectivity index (χ1) is 10.0. The summed E-state index contributed by atoms with van der Waals surface area (Å²) in [7, 11) is 2.37. The summed E-state index contributed by atoms with van der Waals surface area (Å²) in [6, 6.07) is 4.04. The van der Waals surface area contributed by atoms with Crippen LogP contribution < -0.4 is 4.74 Å². The summed E-state index contributed by atoms with van der Waals surface area (Å²) in [4.78, 5) is 23.2. The van der Waals surface area contributed by atoms with Crippen LogP contribution in [0.4, 0.5) is 4.39 Å². The zero-order valence-electron chi connectivity index (χ0n) is 11.8. The Hall–Kier alpha value is -2.15. The molecule has 1 N–H and O–H groups in total. The maximum atomic E-state index is 13.2. The number of carbonyl (C=O) groups is 2. The molecule has 21 heavy (non-hydrogen) atoms. The third-order valence-corrected chi connectivity index (χ3v) is 2.67. The van der Waals surface area contributed by atoms with Crippen LogP contribution in [0.2, 0.25) is 0 Å². The number of aliphatic hydroxyl groups excluding tert-OH is 1. The fourth-order valence-electron chi connectivity index (χ4n) is 1.59. The van der Waals surface area contributed by atoms with Crippen LogP contribution in [0.1, 0.15) is 27.1 Å². The number of aliphatic hydroxyl groups is 1. The molecule has 1 unspecified atom stereocenters. The Morgan fingerprint density at radius 2 is 1.81 bits per heavy atom. The molecule has 0 saturated heterocycles. The number of carbonyl (C=O) groups excluding carboxylic acids is 2. The number of halogens is 1. The first kappa shape index (κ1) is 16.9. The minimum Gasteiger partial charge on any atom is -0.491 e. The molecule has 0 aliphatic heterocycles. The highest BCUT2D eigenvalue weighted by molar-refractivity contribution is 6.03. The molecule has 0 aliphatic carbocycles. The van der Waals surface area contributed by atoms with Crippen molar-refractivity contribution >= 4 is 11.9 Å². The number of rotatable bonds is 7. The first-order valence-electron chi connectivity index (χ1n) is 6.21. The lowest BCUT2D eigenvalue weighted by molar-refractivity contribution is 0.0554. The highest BCUT2D eigenvalue weighted by Crippen LogP contribution is 2.20. The number of hydrogen-bond donors (Lipinski definition) is 1. The van der Waals surface area contributed by atoms with Crippen molar-refractivity contribution < 1.29 is 33.3 Å². The van der Waals surface area contributed by atoms with Gasteiger partial charge in [0, 0.05) is 13.0 Å². The molecule has 1 rings (SSSR count). The Labute approximate surface area is 121 Å². The number of alkyl halides is 1. The lowest BCUT2D eigenvalue weighted by Crippen LogP contribution is -2.16. The minimum atomic E-state index is -1.32. The van der Waals surface area contributed by atoms with E-state index >= 15 is 0 Å². The molecule has 0 saturated carbocycles. The topological polar surface area (TPSA) is 82.1 Å². The Morgan fingerprint density at radius 3 is 2.38 bits per heavy atom. The van der Waals surface area contributed by atoms with Crippen LogP contribution >= 0.6 is 0 Å². The zero-order chi connectivity index (χ0) is 15.8. The van der Waals surface area contributed by atoms with Crippen LogP contribution in [-0.2, 0) is 9.47 Å². The van der Waals surface area contributed by atoms with Crippen molar-refractivity contribution in [3.8, 4) is 5.75 Å². The second-order valence-corrected chi connectivity index (χ2v) is 4.11. The van der Waals surface area contributed by atoms with Crippen molar-refractivity contribution in [3.63, 3.8) is 0 Å². The van der Waals surface area contributed by atoms with Gasteiger partial charge in [-0.05, 0) is 18.2 Å². The molecule has 1 aromatic carbocycles. The molecular weight excluding hydrogens is 283 g/mol. The molecule has 0 heterocycles. The van der Waals surface area contributed by atoms with Gasteiger partial charge in [0.2, 0.25) is 0 Å². The highest BCUT2D eigenvalue weighted by atomic mass is 19.1. The number of esters is 2. The van der Waals surface area contributed by atoms with Gasteiger partial charge in [-0.25, -0.2) is 14.0 Å². The van der Waals surface area contributed by atoms with Crippen molar-refractivity contribution in [2.45, 2.75) is 12.6 Å². The molecule has 1 atom stereocenters. The van der Waals surface area contributed by atoms with Crippen LogP contribution in [0.15, 0.2) is 18.2 Å². The molecule has 0 fully saturated rings. The van der Waals surface area contributed by atoms with Gasteiger partial charge < -0.3 is 19.3 Å². The summed E-state index contributed by atoms with van der Waals surface area (Å²) in [5.41, 5.74) is 0.00303. The fourth-order valence-corrected chi connectivity index (χ4v) is 1.59. The summed E-state index contributed by atoms with van der Waals surface area (Å²) in [6.07, 6.45) is -1.36. The van der Waals surface area contributed by atoms with E-state index < -0.39 is 18.1 Å². The normalized spacial score (nSPS) is 11.6. The smallest absolute Gasteiger partial charge is 0.338 e. The van der Waals surface area contributed by atoms with Crippen LogP contribution in [0.25, 0.3) is 0 Å². The standard InChI is InChI=1S/C14H17FO6/c1-19-13(17)11-4-3-10(7-12(11)14(18)20-2)21-8-9(15)5-6-16/h3-4,7,9,16H,5-6,8H2,1-2H3. The van der Waals surface area contributed by atoms with E-state index in [-0.39, 0.29) is 36.5 Å². The van der Waals surface area contributed by atoms with Gasteiger partial charge in [0.1, 0.15) is 18.5 Å². The average molecular weight is 300 g/mol. The Morgan fingerprint density at radius 1 is 1.19 bits per heavy atom. The van der Waals surface area contributed by atoms with Crippen LogP contribution in [-0.4, -0.2) is 50.7 Å². The van der Waals surface area contributed by atoms with Gasteiger partial charge >= 0.3 is 11.9 Å². The third kappa shape index (κ3) is 4.71. The van der Waals surface area contributed by atoms with Gasteiger partial charge in [-0.1, -0.05) is 0 Å². The van der Waals surface area contributed by atoms with Crippen LogP contribution in [0, 0.1) is 0 Å². The fraction of sp³-hybridized carbons (Fsp3) is 0.429. The van der Waals surface area contributed by atoms with E-state index in [9.17, 15) is 14.0 Å². The second-order valence-electron chi connectivity index (χ2n) is 4.11. The third-order valence-electron chi connectivity index (χ3n) is 2.67. The molecule has 6 nitrogen and oxygen atoms in total. The van der Waals surface area contributed by atoms with E-state index in [1.807, 2.05) is 0 Å². The molecule has 0 amide bonds. The summed E-state index contributed by atoms with van der Waals surface area (Å²) >= 11 is 0. The number of methoxy groups -OCH3 is 2. The Balaban J connectivity index is 2.94. The summed E-state index contributed by atoms with van der Waals surface area (Å²) in [5.74, 6) is -1.21.